The minimum atomic E-state index is -3.02. The van der Waals surface area contributed by atoms with E-state index in [1.54, 1.807) is 19.1 Å². The Morgan fingerprint density at radius 3 is 2.83 bits per heavy atom. The van der Waals surface area contributed by atoms with E-state index < -0.39 is 9.84 Å². The van der Waals surface area contributed by atoms with E-state index in [-0.39, 0.29) is 42.3 Å². The van der Waals surface area contributed by atoms with Gasteiger partial charge in [-0.1, -0.05) is 0 Å². The summed E-state index contributed by atoms with van der Waals surface area (Å²) in [5.74, 6) is 0.478. The van der Waals surface area contributed by atoms with E-state index >= 15 is 0 Å². The van der Waals surface area contributed by atoms with Crippen LogP contribution in [0.3, 0.4) is 0 Å². The molecule has 2 rings (SSSR count). The second-order valence-electron chi connectivity index (χ2n) is 4.43. The molecule has 1 aromatic rings. The third-order valence-electron chi connectivity index (χ3n) is 3.00. The van der Waals surface area contributed by atoms with E-state index in [9.17, 15) is 13.2 Å². The van der Waals surface area contributed by atoms with Gasteiger partial charge < -0.3 is 15.1 Å². The number of rotatable bonds is 2. The molecule has 0 aromatic carbocycles. The van der Waals surface area contributed by atoms with Gasteiger partial charge in [-0.3, -0.25) is 4.79 Å². The summed E-state index contributed by atoms with van der Waals surface area (Å²) in [6.45, 7) is 2.17. The van der Waals surface area contributed by atoms with Gasteiger partial charge in [-0.15, -0.1) is 0 Å². The smallest absolute Gasteiger partial charge is 0.289 e. The maximum absolute atomic E-state index is 12.1. The quantitative estimate of drug-likeness (QED) is 0.817. The first-order valence-electron chi connectivity index (χ1n) is 5.73. The van der Waals surface area contributed by atoms with Crippen LogP contribution in [-0.2, 0) is 16.4 Å². The molecule has 1 unspecified atom stereocenters. The van der Waals surface area contributed by atoms with Crippen LogP contribution in [0.15, 0.2) is 16.5 Å². The molecule has 1 fully saturated rings. The Kier molecular flexibility index (Phi) is 3.45. The highest BCUT2D eigenvalue weighted by atomic mass is 32.2. The molecule has 1 atom stereocenters. The van der Waals surface area contributed by atoms with Crippen molar-refractivity contribution in [2.24, 2.45) is 5.73 Å². The Balaban J connectivity index is 2.14. The highest BCUT2D eigenvalue weighted by molar-refractivity contribution is 7.91. The summed E-state index contributed by atoms with van der Waals surface area (Å²) in [7, 11) is -3.02. The second kappa shape index (κ2) is 4.74. The molecular weight excluding hydrogens is 256 g/mol. The molecule has 2 N–H and O–H groups in total. The fourth-order valence-corrected chi connectivity index (χ4v) is 3.60. The number of hydrogen-bond acceptors (Lipinski definition) is 5. The SMILES string of the molecule is CC1CS(=O)(=O)CCN1C(=O)c1ccc(CN)o1. The number of furan rings is 1. The van der Waals surface area contributed by atoms with Crippen LogP contribution >= 0.6 is 0 Å². The molecule has 0 spiro atoms. The topological polar surface area (TPSA) is 93.6 Å². The van der Waals surface area contributed by atoms with Gasteiger partial charge in [0.15, 0.2) is 15.6 Å². The Bertz CT molecular complexity index is 549. The lowest BCUT2D eigenvalue weighted by atomic mass is 10.2. The third-order valence-corrected chi connectivity index (χ3v) is 4.80. The van der Waals surface area contributed by atoms with Crippen molar-refractivity contribution in [3.8, 4) is 0 Å². The van der Waals surface area contributed by atoms with Crippen molar-refractivity contribution in [1.82, 2.24) is 4.90 Å². The third kappa shape index (κ3) is 2.56. The predicted octanol–water partition coefficient (Wildman–Crippen LogP) is -0.00260. The predicted molar refractivity (Wildman–Crippen MR) is 65.8 cm³/mol. The van der Waals surface area contributed by atoms with Crippen LogP contribution in [0, 0.1) is 0 Å². The van der Waals surface area contributed by atoms with Gasteiger partial charge in [0.25, 0.3) is 5.91 Å². The van der Waals surface area contributed by atoms with E-state index in [0.29, 0.717) is 5.76 Å². The molecule has 1 amide bonds. The van der Waals surface area contributed by atoms with Crippen LogP contribution in [0.2, 0.25) is 0 Å². The number of amides is 1. The van der Waals surface area contributed by atoms with E-state index in [0.717, 1.165) is 0 Å². The molecule has 1 aromatic heterocycles. The van der Waals surface area contributed by atoms with E-state index in [4.69, 9.17) is 10.2 Å². The van der Waals surface area contributed by atoms with Gasteiger partial charge in [-0.05, 0) is 19.1 Å². The molecule has 0 bridgehead atoms. The fourth-order valence-electron chi connectivity index (χ4n) is 2.04. The monoisotopic (exact) mass is 272 g/mol. The molecule has 1 saturated heterocycles. The van der Waals surface area contributed by atoms with Crippen molar-refractivity contribution in [3.63, 3.8) is 0 Å². The number of sulfone groups is 1. The molecule has 0 aliphatic carbocycles. The Hall–Kier alpha value is -1.34. The van der Waals surface area contributed by atoms with Crippen molar-refractivity contribution in [3.05, 3.63) is 23.7 Å². The Morgan fingerprint density at radius 2 is 2.28 bits per heavy atom. The summed E-state index contributed by atoms with van der Waals surface area (Å²) in [6.07, 6.45) is 0. The van der Waals surface area contributed by atoms with Crippen molar-refractivity contribution in [1.29, 1.82) is 0 Å². The number of hydrogen-bond donors (Lipinski definition) is 1. The van der Waals surface area contributed by atoms with E-state index in [2.05, 4.69) is 0 Å². The number of nitrogens with zero attached hydrogens (tertiary/aromatic N) is 1. The Labute approximate surface area is 106 Å². The van der Waals surface area contributed by atoms with Crippen LogP contribution in [0.25, 0.3) is 0 Å². The average Bonchev–Trinajstić information content (AvgIpc) is 2.75. The first-order chi connectivity index (χ1) is 8.43. The molecule has 18 heavy (non-hydrogen) atoms. The number of nitrogens with two attached hydrogens (primary N) is 1. The molecular formula is C11H16N2O4S. The summed E-state index contributed by atoms with van der Waals surface area (Å²) in [5.41, 5.74) is 5.41. The molecule has 0 saturated carbocycles. The van der Waals surface area contributed by atoms with Crippen LogP contribution in [-0.4, -0.2) is 43.3 Å². The zero-order chi connectivity index (χ0) is 13.3. The normalized spacial score (nSPS) is 23.0. The molecule has 0 radical (unpaired) electrons. The summed E-state index contributed by atoms with van der Waals surface area (Å²) in [5, 5.41) is 0. The summed E-state index contributed by atoms with van der Waals surface area (Å²) < 4.78 is 28.2. The van der Waals surface area contributed by atoms with Gasteiger partial charge in [-0.25, -0.2) is 8.42 Å². The molecule has 2 heterocycles. The van der Waals surface area contributed by atoms with Gasteiger partial charge in [0.05, 0.1) is 18.1 Å². The lowest BCUT2D eigenvalue weighted by Crippen LogP contribution is -2.49. The van der Waals surface area contributed by atoms with Gasteiger partial charge >= 0.3 is 0 Å². The van der Waals surface area contributed by atoms with Crippen LogP contribution in [0.5, 0.6) is 0 Å². The molecule has 1 aliphatic rings. The minimum Gasteiger partial charge on any atom is -0.455 e. The average molecular weight is 272 g/mol. The van der Waals surface area contributed by atoms with Crippen molar-refractivity contribution in [2.45, 2.75) is 19.5 Å². The van der Waals surface area contributed by atoms with Crippen molar-refractivity contribution < 1.29 is 17.6 Å². The van der Waals surface area contributed by atoms with Gasteiger partial charge in [0.2, 0.25) is 0 Å². The summed E-state index contributed by atoms with van der Waals surface area (Å²) in [6, 6.07) is 2.89. The first-order valence-corrected chi connectivity index (χ1v) is 7.55. The van der Waals surface area contributed by atoms with Crippen molar-refractivity contribution in [2.75, 3.05) is 18.1 Å². The zero-order valence-corrected chi connectivity index (χ0v) is 10.9. The minimum absolute atomic E-state index is 0.00317. The first kappa shape index (κ1) is 13.1. The second-order valence-corrected chi connectivity index (χ2v) is 6.66. The van der Waals surface area contributed by atoms with Crippen LogP contribution in [0.4, 0.5) is 0 Å². The summed E-state index contributed by atoms with van der Waals surface area (Å²) >= 11 is 0. The number of carbonyl (C=O) groups is 1. The van der Waals surface area contributed by atoms with Crippen LogP contribution in [0.1, 0.15) is 23.2 Å². The highest BCUT2D eigenvalue weighted by Gasteiger charge is 2.32. The Morgan fingerprint density at radius 1 is 1.56 bits per heavy atom. The highest BCUT2D eigenvalue weighted by Crippen LogP contribution is 2.17. The maximum atomic E-state index is 12.1. The number of carbonyl (C=O) groups excluding carboxylic acids is 1. The molecule has 1 aliphatic heterocycles. The van der Waals surface area contributed by atoms with Gasteiger partial charge in [-0.2, -0.15) is 0 Å². The van der Waals surface area contributed by atoms with Crippen molar-refractivity contribution >= 4 is 15.7 Å². The summed E-state index contributed by atoms with van der Waals surface area (Å²) in [4.78, 5) is 13.7. The maximum Gasteiger partial charge on any atom is 0.289 e. The zero-order valence-electron chi connectivity index (χ0n) is 10.1. The molecule has 6 nitrogen and oxygen atoms in total. The van der Waals surface area contributed by atoms with E-state index in [1.807, 2.05) is 0 Å². The van der Waals surface area contributed by atoms with Crippen LogP contribution < -0.4 is 5.73 Å². The lowest BCUT2D eigenvalue weighted by molar-refractivity contribution is 0.0678. The largest absolute Gasteiger partial charge is 0.455 e. The van der Waals surface area contributed by atoms with Gasteiger partial charge in [0, 0.05) is 12.6 Å². The lowest BCUT2D eigenvalue weighted by Gasteiger charge is -2.32. The molecule has 100 valence electrons. The van der Waals surface area contributed by atoms with Gasteiger partial charge in [0.1, 0.15) is 5.76 Å². The molecule has 7 heteroatoms. The standard InChI is InChI=1S/C11H16N2O4S/c1-8-7-18(15,16)5-4-13(8)11(14)10-3-2-9(6-12)17-10/h2-3,8H,4-7,12H2,1H3. The fraction of sp³-hybridized carbons (Fsp3) is 0.545. The van der Waals surface area contributed by atoms with E-state index in [1.165, 1.54) is 4.90 Å².